The van der Waals surface area contributed by atoms with Crippen molar-refractivity contribution in [2.45, 2.75) is 56.0 Å². The van der Waals surface area contributed by atoms with Gasteiger partial charge in [-0.25, -0.2) is 4.98 Å². The molecule has 7 aromatic rings. The van der Waals surface area contributed by atoms with Gasteiger partial charge in [0, 0.05) is 10.6 Å². The van der Waals surface area contributed by atoms with Crippen LogP contribution in [0, 0.1) is 0 Å². The second kappa shape index (κ2) is 21.3. The molecule has 6 aromatic carbocycles. The minimum atomic E-state index is -6.13. The maximum Gasteiger partial charge on any atom is 0.416 e. The lowest BCUT2D eigenvalue weighted by molar-refractivity contribution is -0.692. The maximum atomic E-state index is 14.2. The summed E-state index contributed by atoms with van der Waals surface area (Å²) >= 11 is 5.98. The second-order valence-electron chi connectivity index (χ2n) is 16.8. The van der Waals surface area contributed by atoms with Gasteiger partial charge < -0.3 is 4.74 Å². The fraction of sp³-hybridized carbons (Fsp3) is 0.184. The summed E-state index contributed by atoms with van der Waals surface area (Å²) in [6.45, 7) is 0.721. The molecule has 0 bridgehead atoms. The Bertz CT molecular complexity index is 2830. The second-order valence-corrected chi connectivity index (χ2v) is 17.2. The molecule has 0 aliphatic heterocycles. The van der Waals surface area contributed by atoms with Gasteiger partial charge in [-0.05, 0) is 42.5 Å². The van der Waals surface area contributed by atoms with Crippen LogP contribution in [-0.2, 0) is 56.0 Å². The number of nitrogens with zero attached hydrogens (tertiary/aromatic N) is 2. The van der Waals surface area contributed by atoms with Gasteiger partial charge in [-0.15, -0.1) is 0 Å². The average Bonchev–Trinajstić information content (AvgIpc) is 3.45. The Balaban J connectivity index is 0.000000387. The Labute approximate surface area is 427 Å². The van der Waals surface area contributed by atoms with Crippen LogP contribution >= 0.6 is 11.6 Å². The van der Waals surface area contributed by atoms with Gasteiger partial charge in [0.15, 0.2) is 12.7 Å². The molecule has 416 valence electrons. The summed E-state index contributed by atoms with van der Waals surface area (Å²) in [6.07, 6.45) is -49.5. The Morgan fingerprint density at radius 1 is 0.385 bits per heavy atom. The fourth-order valence-corrected chi connectivity index (χ4v) is 8.27. The van der Waals surface area contributed by atoms with Crippen molar-refractivity contribution in [1.82, 2.24) is 4.98 Å². The standard InChI is InChI=1S/C32H12BF24.C17H14ClN2O/c34-25(35,36)13-1-14(26(37,38)39)6-21(5-13)33(22-7-15(27(40,41)42)2-16(8-22)28(43,44)45,23-9-17(29(46,47)48)3-18(10-23)30(49,50)51)24-11-19(31(52,53)54)4-20(12-24)32(55,56)57;18-15-7-4-8-16(11-15)21-17-12-19-9-10-20(17)13-14-5-2-1-3-6-14/h1-12H;1-12H,13H2/q-1;+1. The summed E-state index contributed by atoms with van der Waals surface area (Å²) in [5, 5.41) is 0.644. The molecule has 0 aliphatic rings. The highest BCUT2D eigenvalue weighted by molar-refractivity contribution is 7.20. The fourth-order valence-electron chi connectivity index (χ4n) is 8.09. The number of aromatic nitrogens is 2. The highest BCUT2D eigenvalue weighted by atomic mass is 35.5. The molecule has 7 rings (SSSR count). The van der Waals surface area contributed by atoms with Crippen LogP contribution in [0.15, 0.2) is 146 Å². The first-order valence-corrected chi connectivity index (χ1v) is 21.6. The van der Waals surface area contributed by atoms with E-state index in [1.54, 1.807) is 18.5 Å². The zero-order valence-corrected chi connectivity index (χ0v) is 38.6. The third kappa shape index (κ3) is 14.1. The summed E-state index contributed by atoms with van der Waals surface area (Å²) in [6, 6.07) is 8.72. The third-order valence-electron chi connectivity index (χ3n) is 11.5. The zero-order valence-electron chi connectivity index (χ0n) is 37.9. The van der Waals surface area contributed by atoms with Gasteiger partial charge in [-0.1, -0.05) is 96.5 Å². The van der Waals surface area contributed by atoms with Crippen molar-refractivity contribution in [3.63, 3.8) is 0 Å². The monoisotopic (exact) mass is 1160 g/mol. The van der Waals surface area contributed by atoms with E-state index in [1.165, 1.54) is 5.56 Å². The van der Waals surface area contributed by atoms with E-state index in [1.807, 2.05) is 47.2 Å². The number of hydrogen-bond acceptors (Lipinski definition) is 2. The van der Waals surface area contributed by atoms with E-state index in [0.717, 1.165) is 6.54 Å². The minimum Gasteiger partial charge on any atom is -0.404 e. The molecule has 3 nitrogen and oxygen atoms in total. The van der Waals surface area contributed by atoms with Gasteiger partial charge in [0.25, 0.3) is 0 Å². The summed E-state index contributed by atoms with van der Waals surface area (Å²) in [5.41, 5.74) is -29.0. The van der Waals surface area contributed by atoms with Gasteiger partial charge in [0.2, 0.25) is 0 Å². The van der Waals surface area contributed by atoms with Crippen LogP contribution in [-0.4, -0.2) is 11.1 Å². The summed E-state index contributed by atoms with van der Waals surface area (Å²) in [5.74, 6) is 1.36. The molecule has 0 spiro atoms. The topological polar surface area (TPSA) is 26.0 Å². The molecule has 78 heavy (non-hydrogen) atoms. The minimum absolute atomic E-state index is 0.644. The van der Waals surface area contributed by atoms with Crippen LogP contribution in [0.1, 0.15) is 50.1 Å². The molecule has 0 aliphatic carbocycles. The summed E-state index contributed by atoms with van der Waals surface area (Å²) in [7, 11) is 0. The molecule has 1 aromatic heterocycles. The van der Waals surface area contributed by atoms with E-state index in [0.29, 0.717) is 16.7 Å². The Hall–Kier alpha value is -7.13. The van der Waals surface area contributed by atoms with Gasteiger partial charge in [-0.2, -0.15) is 132 Å². The van der Waals surface area contributed by atoms with Crippen LogP contribution in [0.2, 0.25) is 5.02 Å². The summed E-state index contributed by atoms with van der Waals surface area (Å²) in [4.78, 5) is 4.13. The molecule has 0 N–H and O–H groups in total. The number of benzene rings is 6. The lowest BCUT2D eigenvalue weighted by atomic mass is 9.12. The number of ether oxygens (including phenoxy) is 1. The Morgan fingerprint density at radius 3 is 0.974 bits per heavy atom. The van der Waals surface area contributed by atoms with Gasteiger partial charge in [0.1, 0.15) is 18.1 Å². The number of hydrogen-bond donors (Lipinski definition) is 0. The van der Waals surface area contributed by atoms with Crippen LogP contribution in [0.4, 0.5) is 105 Å². The van der Waals surface area contributed by atoms with Crippen molar-refractivity contribution in [2.75, 3.05) is 0 Å². The first-order chi connectivity index (χ1) is 35.6. The van der Waals surface area contributed by atoms with Gasteiger partial charge in [-0.3, -0.25) is 0 Å². The predicted molar refractivity (Wildman–Crippen MR) is 232 cm³/mol. The van der Waals surface area contributed by atoms with Crippen LogP contribution < -0.4 is 31.2 Å². The maximum absolute atomic E-state index is 14.2. The van der Waals surface area contributed by atoms with Gasteiger partial charge in [0.05, 0.1) is 50.7 Å². The lowest BCUT2D eigenvalue weighted by Crippen LogP contribution is -2.75. The number of rotatable bonds is 8. The lowest BCUT2D eigenvalue weighted by Gasteiger charge is -2.46. The molecule has 0 amide bonds. The molecule has 0 saturated carbocycles. The molecule has 0 radical (unpaired) electrons. The molecule has 0 unspecified atom stereocenters. The molecular formula is C49H26BClF24N2O. The third-order valence-corrected chi connectivity index (χ3v) is 11.7. The normalized spacial score (nSPS) is 13.2. The van der Waals surface area contributed by atoms with Crippen LogP contribution in [0.25, 0.3) is 0 Å². The van der Waals surface area contributed by atoms with E-state index in [2.05, 4.69) is 17.1 Å². The average molecular weight is 1160 g/mol. The Kier molecular flexibility index (Phi) is 16.4. The van der Waals surface area contributed by atoms with E-state index >= 15 is 0 Å². The van der Waals surface area contributed by atoms with Crippen molar-refractivity contribution in [1.29, 1.82) is 0 Å². The Morgan fingerprint density at radius 2 is 0.692 bits per heavy atom. The van der Waals surface area contributed by atoms with Crippen LogP contribution in [0.3, 0.4) is 0 Å². The van der Waals surface area contributed by atoms with E-state index in [4.69, 9.17) is 16.3 Å². The quantitative estimate of drug-likeness (QED) is 0.0861. The molecule has 1 heterocycles. The SMILES string of the molecule is Clc1cccc(Oc2cncc[n+]2Cc2ccccc2)c1.FC(F)(F)c1cc([B-](c2cc(C(F)(F)F)cc(C(F)(F)F)c2)(c2cc(C(F)(F)F)cc(C(F)(F)F)c2)c2cc(C(F)(F)F)cc(C(F)(F)F)c2)cc(C(F)(F)F)c1. The van der Waals surface area contributed by atoms with E-state index in [9.17, 15) is 105 Å². The van der Waals surface area contributed by atoms with Crippen LogP contribution in [0.5, 0.6) is 11.6 Å². The first-order valence-electron chi connectivity index (χ1n) is 21.2. The van der Waals surface area contributed by atoms with Gasteiger partial charge >= 0.3 is 55.3 Å². The van der Waals surface area contributed by atoms with E-state index in [-0.39, 0.29) is 0 Å². The summed E-state index contributed by atoms with van der Waals surface area (Å²) < 4.78 is 349. The smallest absolute Gasteiger partial charge is 0.404 e. The predicted octanol–water partition coefficient (Wildman–Crippen LogP) is 15.1. The molecule has 0 fully saturated rings. The van der Waals surface area contributed by atoms with Crippen molar-refractivity contribution in [2.24, 2.45) is 0 Å². The number of halogens is 25. The number of alkyl halides is 24. The van der Waals surface area contributed by atoms with Crippen molar-refractivity contribution < 1.29 is 115 Å². The molecule has 0 saturated heterocycles. The van der Waals surface area contributed by atoms with E-state index < -0.39 is 195 Å². The zero-order chi connectivity index (χ0) is 58.4. The molecule has 29 heteroatoms. The highest BCUT2D eigenvalue weighted by Crippen LogP contribution is 2.41. The van der Waals surface area contributed by atoms with Crippen molar-refractivity contribution in [3.05, 3.63) is 201 Å². The first kappa shape index (κ1) is 60.1. The van der Waals surface area contributed by atoms with Crippen molar-refractivity contribution in [3.8, 4) is 11.6 Å². The molecule has 0 atom stereocenters. The molecular weight excluding hydrogens is 1130 g/mol. The largest absolute Gasteiger partial charge is 0.416 e. The van der Waals surface area contributed by atoms with Crippen molar-refractivity contribution >= 4 is 39.6 Å². The highest BCUT2D eigenvalue weighted by Gasteiger charge is 2.47.